The number of hydrogen-bond donors (Lipinski definition) is 2. The van der Waals surface area contributed by atoms with Crippen LogP contribution in [0, 0.1) is 5.82 Å². The molecule has 3 aromatic rings. The van der Waals surface area contributed by atoms with Crippen LogP contribution in [0.4, 0.5) is 10.3 Å². The summed E-state index contributed by atoms with van der Waals surface area (Å²) in [6, 6.07) is 12.5. The van der Waals surface area contributed by atoms with E-state index >= 15 is 0 Å². The summed E-state index contributed by atoms with van der Waals surface area (Å²) in [6.45, 7) is 2.10. The van der Waals surface area contributed by atoms with Crippen LogP contribution in [0.15, 0.2) is 42.5 Å². The van der Waals surface area contributed by atoms with Crippen molar-refractivity contribution in [2.75, 3.05) is 5.73 Å². The van der Waals surface area contributed by atoms with Crippen LogP contribution in [-0.4, -0.2) is 32.9 Å². The van der Waals surface area contributed by atoms with Crippen molar-refractivity contribution in [1.82, 2.24) is 14.9 Å². The number of halogens is 1. The normalized spacial score (nSPS) is 19.7. The molecule has 1 aromatic heterocycles. The minimum Gasteiger partial charge on any atom is -0.369 e. The number of nitrogen functional groups attached to an aromatic ring is 1. The molecule has 0 bridgehead atoms. The summed E-state index contributed by atoms with van der Waals surface area (Å²) in [6.07, 6.45) is 3.69. The van der Waals surface area contributed by atoms with Crippen LogP contribution in [0.5, 0.6) is 0 Å². The number of carbonyl (C=O) groups is 1. The van der Waals surface area contributed by atoms with Gasteiger partial charge in [-0.1, -0.05) is 12.1 Å². The molecule has 4 rings (SSSR count). The number of nitrogens with zero attached hydrogens (tertiary/aromatic N) is 2. The standard InChI is InChI=1S/C21H23FN4O/c1-13-2-9-17(10-5-14-3-7-16(22)8-4-14)26(13)20(27)15-6-11-18-19(12-15)25-21(23)24-18/h3-4,6-8,11-13,17H,2,5,9-10H2,1H3,(H3,23,24,25)/t13-,17-/m1/s1. The average Bonchev–Trinajstić information content (AvgIpc) is 3.21. The van der Waals surface area contributed by atoms with Gasteiger partial charge in [-0.2, -0.15) is 0 Å². The highest BCUT2D eigenvalue weighted by Crippen LogP contribution is 2.29. The molecule has 6 heteroatoms. The molecule has 140 valence electrons. The second kappa shape index (κ2) is 7.02. The first-order valence-corrected chi connectivity index (χ1v) is 9.33. The first-order valence-electron chi connectivity index (χ1n) is 9.33. The quantitative estimate of drug-likeness (QED) is 0.735. The molecule has 1 aliphatic heterocycles. The van der Waals surface area contributed by atoms with Crippen LogP contribution in [0.25, 0.3) is 11.0 Å². The lowest BCUT2D eigenvalue weighted by Gasteiger charge is -2.29. The summed E-state index contributed by atoms with van der Waals surface area (Å²) in [7, 11) is 0. The SMILES string of the molecule is C[C@@H]1CC[C@H](CCc2ccc(F)cc2)N1C(=O)c1ccc2[nH]c(N)nc2c1. The van der Waals surface area contributed by atoms with E-state index in [2.05, 4.69) is 16.9 Å². The first kappa shape index (κ1) is 17.5. The number of benzene rings is 2. The molecule has 27 heavy (non-hydrogen) atoms. The number of aromatic nitrogens is 2. The topological polar surface area (TPSA) is 75.0 Å². The van der Waals surface area contributed by atoms with E-state index in [0.717, 1.165) is 36.8 Å². The number of nitrogens with two attached hydrogens (primary N) is 1. The van der Waals surface area contributed by atoms with Crippen molar-refractivity contribution >= 4 is 22.9 Å². The molecule has 0 radical (unpaired) electrons. The number of likely N-dealkylation sites (tertiary alicyclic amines) is 1. The third-order valence-corrected chi connectivity index (χ3v) is 5.45. The van der Waals surface area contributed by atoms with Gasteiger partial charge in [0, 0.05) is 17.6 Å². The molecule has 0 unspecified atom stereocenters. The van der Waals surface area contributed by atoms with Crippen LogP contribution in [0.2, 0.25) is 0 Å². The Bertz CT molecular complexity index is 966. The van der Waals surface area contributed by atoms with E-state index < -0.39 is 0 Å². The molecule has 1 amide bonds. The van der Waals surface area contributed by atoms with Crippen molar-refractivity contribution in [2.45, 2.75) is 44.7 Å². The molecule has 2 atom stereocenters. The van der Waals surface area contributed by atoms with Gasteiger partial charge in [-0.15, -0.1) is 0 Å². The van der Waals surface area contributed by atoms with Crippen molar-refractivity contribution in [1.29, 1.82) is 0 Å². The summed E-state index contributed by atoms with van der Waals surface area (Å²) in [5, 5.41) is 0. The highest BCUT2D eigenvalue weighted by Gasteiger charge is 2.34. The lowest BCUT2D eigenvalue weighted by atomic mass is 10.0. The third-order valence-electron chi connectivity index (χ3n) is 5.45. The van der Waals surface area contributed by atoms with Gasteiger partial charge < -0.3 is 15.6 Å². The molecular formula is C21H23FN4O. The fraction of sp³-hybridized carbons (Fsp3) is 0.333. The van der Waals surface area contributed by atoms with Gasteiger partial charge in [0.2, 0.25) is 0 Å². The third kappa shape index (κ3) is 3.52. The number of fused-ring (bicyclic) bond motifs is 1. The van der Waals surface area contributed by atoms with E-state index in [4.69, 9.17) is 5.73 Å². The largest absolute Gasteiger partial charge is 0.369 e. The maximum atomic E-state index is 13.2. The Kier molecular flexibility index (Phi) is 4.56. The van der Waals surface area contributed by atoms with Crippen LogP contribution < -0.4 is 5.73 Å². The van der Waals surface area contributed by atoms with Gasteiger partial charge in [0.05, 0.1) is 11.0 Å². The van der Waals surface area contributed by atoms with Crippen molar-refractivity contribution < 1.29 is 9.18 Å². The second-order valence-electron chi connectivity index (χ2n) is 7.31. The van der Waals surface area contributed by atoms with E-state index in [1.807, 2.05) is 29.2 Å². The maximum Gasteiger partial charge on any atom is 0.254 e. The van der Waals surface area contributed by atoms with Crippen LogP contribution in [0.1, 0.15) is 42.1 Å². The van der Waals surface area contributed by atoms with Gasteiger partial charge in [0.15, 0.2) is 5.95 Å². The van der Waals surface area contributed by atoms with E-state index in [1.165, 1.54) is 12.1 Å². The van der Waals surface area contributed by atoms with Gasteiger partial charge >= 0.3 is 0 Å². The molecule has 0 aliphatic carbocycles. The number of hydrogen-bond acceptors (Lipinski definition) is 3. The van der Waals surface area contributed by atoms with E-state index in [1.54, 1.807) is 6.07 Å². The highest BCUT2D eigenvalue weighted by atomic mass is 19.1. The highest BCUT2D eigenvalue weighted by molar-refractivity contribution is 5.98. The zero-order valence-electron chi connectivity index (χ0n) is 15.3. The van der Waals surface area contributed by atoms with Crippen molar-refractivity contribution in [3.8, 4) is 0 Å². The zero-order chi connectivity index (χ0) is 19.0. The Hall–Kier alpha value is -2.89. The molecule has 1 fully saturated rings. The molecule has 2 heterocycles. The maximum absolute atomic E-state index is 13.2. The van der Waals surface area contributed by atoms with Gasteiger partial charge in [-0.3, -0.25) is 4.79 Å². The number of nitrogens with one attached hydrogen (secondary N) is 1. The second-order valence-corrected chi connectivity index (χ2v) is 7.31. The van der Waals surface area contributed by atoms with E-state index in [-0.39, 0.29) is 23.8 Å². The molecule has 0 spiro atoms. The molecule has 2 aromatic carbocycles. The zero-order valence-corrected chi connectivity index (χ0v) is 15.3. The Balaban J connectivity index is 1.51. The lowest BCUT2D eigenvalue weighted by Crippen LogP contribution is -2.40. The number of carbonyl (C=O) groups excluding carboxylic acids is 1. The molecule has 0 saturated carbocycles. The summed E-state index contributed by atoms with van der Waals surface area (Å²) in [5.41, 5.74) is 8.96. The minimum absolute atomic E-state index is 0.0348. The van der Waals surface area contributed by atoms with E-state index in [0.29, 0.717) is 17.0 Å². The van der Waals surface area contributed by atoms with Crippen molar-refractivity contribution in [3.63, 3.8) is 0 Å². The molecule has 3 N–H and O–H groups in total. The van der Waals surface area contributed by atoms with Gasteiger partial charge in [0.1, 0.15) is 5.82 Å². The fourth-order valence-corrected chi connectivity index (χ4v) is 4.01. The van der Waals surface area contributed by atoms with Gasteiger partial charge in [-0.05, 0) is 68.5 Å². The number of amides is 1. The smallest absolute Gasteiger partial charge is 0.254 e. The summed E-state index contributed by atoms with van der Waals surface area (Å²) >= 11 is 0. The Labute approximate surface area is 157 Å². The number of aryl methyl sites for hydroxylation is 1. The molecule has 1 saturated heterocycles. The Morgan fingerprint density at radius 1 is 1.26 bits per heavy atom. The van der Waals surface area contributed by atoms with Crippen LogP contribution in [0.3, 0.4) is 0 Å². The van der Waals surface area contributed by atoms with Crippen molar-refractivity contribution in [3.05, 3.63) is 59.4 Å². The summed E-state index contributed by atoms with van der Waals surface area (Å²) in [5.74, 6) is 0.160. The Morgan fingerprint density at radius 2 is 2.04 bits per heavy atom. The number of anilines is 1. The molecule has 1 aliphatic rings. The average molecular weight is 366 g/mol. The van der Waals surface area contributed by atoms with Crippen LogP contribution in [-0.2, 0) is 6.42 Å². The number of imidazole rings is 1. The van der Waals surface area contributed by atoms with Crippen LogP contribution >= 0.6 is 0 Å². The molecule has 5 nitrogen and oxygen atoms in total. The number of rotatable bonds is 4. The minimum atomic E-state index is -0.223. The predicted octanol–water partition coefficient (Wildman–Crippen LogP) is 3.91. The van der Waals surface area contributed by atoms with Gasteiger partial charge in [0.25, 0.3) is 5.91 Å². The lowest BCUT2D eigenvalue weighted by molar-refractivity contribution is 0.0673. The summed E-state index contributed by atoms with van der Waals surface area (Å²) < 4.78 is 13.1. The monoisotopic (exact) mass is 366 g/mol. The Morgan fingerprint density at radius 3 is 2.81 bits per heavy atom. The van der Waals surface area contributed by atoms with E-state index in [9.17, 15) is 9.18 Å². The first-order chi connectivity index (χ1) is 13.0. The fourth-order valence-electron chi connectivity index (χ4n) is 4.01. The number of aromatic amines is 1. The summed E-state index contributed by atoms with van der Waals surface area (Å²) in [4.78, 5) is 22.4. The van der Waals surface area contributed by atoms with Crippen molar-refractivity contribution in [2.24, 2.45) is 0 Å². The molecular weight excluding hydrogens is 343 g/mol. The van der Waals surface area contributed by atoms with Gasteiger partial charge in [-0.25, -0.2) is 9.37 Å². The number of H-pyrrole nitrogens is 1. The predicted molar refractivity (Wildman–Crippen MR) is 104 cm³/mol.